The first-order chi connectivity index (χ1) is 5.25. The van der Waals surface area contributed by atoms with E-state index in [1.807, 2.05) is 0 Å². The average molecular weight is 157 g/mol. The van der Waals surface area contributed by atoms with Crippen molar-refractivity contribution in [2.24, 2.45) is 0 Å². The summed E-state index contributed by atoms with van der Waals surface area (Å²) in [5.74, 6) is -0.899. The Morgan fingerprint density at radius 3 is 3.00 bits per heavy atom. The largest absolute Gasteiger partial charge is 0.479 e. The number of nitrogens with zero attached hydrogens (tertiary/aromatic N) is 1. The van der Waals surface area contributed by atoms with Crippen molar-refractivity contribution < 1.29 is 19.1 Å². The number of rotatable bonds is 3. The molecule has 0 aliphatic carbocycles. The molecule has 0 fully saturated rings. The summed E-state index contributed by atoms with van der Waals surface area (Å²) >= 11 is 0. The third-order valence-corrected chi connectivity index (χ3v) is 1.17. The Morgan fingerprint density at radius 1 is 1.91 bits per heavy atom. The van der Waals surface area contributed by atoms with E-state index in [9.17, 15) is 4.79 Å². The van der Waals surface area contributed by atoms with Crippen LogP contribution in [-0.2, 0) is 9.53 Å². The van der Waals surface area contributed by atoms with Crippen molar-refractivity contribution in [2.45, 2.75) is 6.10 Å². The molecule has 1 heterocycles. The van der Waals surface area contributed by atoms with Crippen LogP contribution in [0.25, 0.3) is 0 Å². The number of aliphatic carboxylic acids is 1. The fraction of sp³-hybridized carbons (Fsp3) is 0.333. The zero-order chi connectivity index (χ0) is 8.27. The molecule has 0 saturated heterocycles. The van der Waals surface area contributed by atoms with Crippen LogP contribution in [0.3, 0.4) is 0 Å². The van der Waals surface area contributed by atoms with Gasteiger partial charge in [-0.2, -0.15) is 0 Å². The van der Waals surface area contributed by atoms with Crippen LogP contribution in [0.1, 0.15) is 11.9 Å². The minimum atomic E-state index is -1.09. The van der Waals surface area contributed by atoms with Crippen LogP contribution in [0.2, 0.25) is 0 Å². The molecule has 0 aliphatic heterocycles. The van der Waals surface area contributed by atoms with Gasteiger partial charge in [0.2, 0.25) is 6.10 Å². The number of carboxylic acids is 1. The summed E-state index contributed by atoms with van der Waals surface area (Å²) in [6.45, 7) is 0. The Morgan fingerprint density at radius 2 is 2.64 bits per heavy atom. The lowest BCUT2D eigenvalue weighted by molar-refractivity contribution is -0.149. The number of aromatic nitrogens is 1. The van der Waals surface area contributed by atoms with Crippen molar-refractivity contribution in [2.75, 3.05) is 7.11 Å². The van der Waals surface area contributed by atoms with Gasteiger partial charge >= 0.3 is 5.97 Å². The van der Waals surface area contributed by atoms with Crippen molar-refractivity contribution >= 4 is 5.97 Å². The highest BCUT2D eigenvalue weighted by Crippen LogP contribution is 2.14. The molecular formula is C6H7NO4. The first-order valence-electron chi connectivity index (χ1n) is 2.89. The van der Waals surface area contributed by atoms with Gasteiger partial charge < -0.3 is 14.3 Å². The molecule has 0 unspecified atom stereocenters. The van der Waals surface area contributed by atoms with Gasteiger partial charge in [-0.15, -0.1) is 0 Å². The first-order valence-corrected chi connectivity index (χ1v) is 2.89. The summed E-state index contributed by atoms with van der Waals surface area (Å²) in [7, 11) is 1.29. The maximum Gasteiger partial charge on any atom is 0.340 e. The Bertz CT molecular complexity index is 231. The van der Waals surface area contributed by atoms with Gasteiger partial charge in [0.1, 0.15) is 0 Å². The van der Waals surface area contributed by atoms with Gasteiger partial charge in [0.15, 0.2) is 12.2 Å². The van der Waals surface area contributed by atoms with Crippen LogP contribution < -0.4 is 0 Å². The second kappa shape index (κ2) is 3.16. The minimum Gasteiger partial charge on any atom is -0.479 e. The second-order valence-corrected chi connectivity index (χ2v) is 1.86. The highest BCUT2D eigenvalue weighted by Gasteiger charge is 2.21. The third kappa shape index (κ3) is 1.56. The van der Waals surface area contributed by atoms with E-state index >= 15 is 0 Å². The van der Waals surface area contributed by atoms with E-state index in [-0.39, 0.29) is 5.76 Å². The van der Waals surface area contributed by atoms with E-state index in [2.05, 4.69) is 9.72 Å². The number of carbonyl (C=O) groups is 1. The molecule has 60 valence electrons. The Kier molecular flexibility index (Phi) is 2.22. The van der Waals surface area contributed by atoms with Crippen molar-refractivity contribution in [1.82, 2.24) is 4.98 Å². The lowest BCUT2D eigenvalue weighted by atomic mass is 10.3. The fourth-order valence-corrected chi connectivity index (χ4v) is 0.694. The zero-order valence-electron chi connectivity index (χ0n) is 5.85. The molecule has 0 aliphatic rings. The minimum absolute atomic E-state index is 0.194. The maximum absolute atomic E-state index is 10.4. The van der Waals surface area contributed by atoms with Crippen molar-refractivity contribution in [3.8, 4) is 0 Å². The van der Waals surface area contributed by atoms with Gasteiger partial charge in [-0.3, -0.25) is 0 Å². The molecule has 1 aromatic heterocycles. The number of hydrogen-bond donors (Lipinski definition) is 1. The summed E-state index contributed by atoms with van der Waals surface area (Å²) in [6, 6.07) is 0. The molecule has 1 atom stereocenters. The zero-order valence-corrected chi connectivity index (χ0v) is 5.85. The molecule has 0 radical (unpaired) electrons. The molecule has 1 aromatic rings. The Hall–Kier alpha value is -1.36. The number of hydrogen-bond acceptors (Lipinski definition) is 4. The number of ether oxygens (including phenoxy) is 1. The summed E-state index contributed by atoms with van der Waals surface area (Å²) in [5, 5.41) is 8.53. The van der Waals surface area contributed by atoms with Crippen molar-refractivity contribution in [1.29, 1.82) is 0 Å². The van der Waals surface area contributed by atoms with Crippen LogP contribution >= 0.6 is 0 Å². The third-order valence-electron chi connectivity index (χ3n) is 1.17. The van der Waals surface area contributed by atoms with E-state index < -0.39 is 12.1 Å². The molecule has 5 heteroatoms. The predicted octanol–water partition coefficient (Wildman–Crippen LogP) is 0.447. The highest BCUT2D eigenvalue weighted by molar-refractivity contribution is 5.73. The SMILES string of the molecule is CO[C@@H](C(=O)O)c1cnco1. The monoisotopic (exact) mass is 157 g/mol. The van der Waals surface area contributed by atoms with Gasteiger partial charge in [0.25, 0.3) is 0 Å². The lowest BCUT2D eigenvalue weighted by Gasteiger charge is -2.04. The standard InChI is InChI=1S/C6H7NO4/c1-10-5(6(8)9)4-2-7-3-11-4/h2-3,5H,1H3,(H,8,9)/t5-/m1/s1. The maximum atomic E-state index is 10.4. The van der Waals surface area contributed by atoms with Crippen molar-refractivity contribution in [3.05, 3.63) is 18.4 Å². The quantitative estimate of drug-likeness (QED) is 0.689. The van der Waals surface area contributed by atoms with Gasteiger partial charge in [0.05, 0.1) is 6.20 Å². The number of methoxy groups -OCH3 is 1. The van der Waals surface area contributed by atoms with Crippen LogP contribution in [-0.4, -0.2) is 23.2 Å². The van der Waals surface area contributed by atoms with Crippen molar-refractivity contribution in [3.63, 3.8) is 0 Å². The van der Waals surface area contributed by atoms with E-state index in [4.69, 9.17) is 9.52 Å². The Balaban J connectivity index is 2.79. The van der Waals surface area contributed by atoms with Gasteiger partial charge in [-0.1, -0.05) is 0 Å². The topological polar surface area (TPSA) is 72.6 Å². The van der Waals surface area contributed by atoms with Gasteiger partial charge in [0, 0.05) is 7.11 Å². The predicted molar refractivity (Wildman–Crippen MR) is 33.9 cm³/mol. The normalized spacial score (nSPS) is 12.8. The summed E-state index contributed by atoms with van der Waals surface area (Å²) in [5.41, 5.74) is 0. The molecule has 0 saturated carbocycles. The average Bonchev–Trinajstić information content (AvgIpc) is 2.40. The molecule has 0 amide bonds. The Labute approximate surface area is 62.6 Å². The number of carboxylic acid groups (broad SMARTS) is 1. The highest BCUT2D eigenvalue weighted by atomic mass is 16.5. The smallest absolute Gasteiger partial charge is 0.340 e. The fourth-order valence-electron chi connectivity index (χ4n) is 0.694. The van der Waals surface area contributed by atoms with Crippen LogP contribution in [0.5, 0.6) is 0 Å². The number of oxazole rings is 1. The summed E-state index contributed by atoms with van der Waals surface area (Å²) < 4.78 is 9.35. The van der Waals surface area contributed by atoms with Crippen LogP contribution in [0.15, 0.2) is 17.0 Å². The first kappa shape index (κ1) is 7.74. The summed E-state index contributed by atoms with van der Waals surface area (Å²) in [4.78, 5) is 14.0. The molecule has 0 bridgehead atoms. The van der Waals surface area contributed by atoms with Crippen LogP contribution in [0, 0.1) is 0 Å². The van der Waals surface area contributed by atoms with E-state index in [0.29, 0.717) is 0 Å². The summed E-state index contributed by atoms with van der Waals surface area (Å²) in [6.07, 6.45) is 1.41. The van der Waals surface area contributed by atoms with Gasteiger partial charge in [-0.05, 0) is 0 Å². The molecule has 1 N–H and O–H groups in total. The van der Waals surface area contributed by atoms with E-state index in [1.54, 1.807) is 0 Å². The molecule has 0 spiro atoms. The van der Waals surface area contributed by atoms with Crippen LogP contribution in [0.4, 0.5) is 0 Å². The second-order valence-electron chi connectivity index (χ2n) is 1.86. The molecule has 1 rings (SSSR count). The van der Waals surface area contributed by atoms with E-state index in [0.717, 1.165) is 6.39 Å². The van der Waals surface area contributed by atoms with E-state index in [1.165, 1.54) is 13.3 Å². The molecule has 0 aromatic carbocycles. The molecular weight excluding hydrogens is 150 g/mol. The molecule has 5 nitrogen and oxygen atoms in total. The lowest BCUT2D eigenvalue weighted by Crippen LogP contribution is -2.12. The molecule has 11 heavy (non-hydrogen) atoms. The van der Waals surface area contributed by atoms with Gasteiger partial charge in [-0.25, -0.2) is 9.78 Å².